The number of carbonyl (C=O) groups excluding carboxylic acids is 2. The van der Waals surface area contributed by atoms with E-state index >= 15 is 0 Å². The van der Waals surface area contributed by atoms with Crippen LogP contribution in [-0.2, 0) is 4.79 Å². The number of carbonyl (C=O) groups is 2. The first kappa shape index (κ1) is 14.6. The van der Waals surface area contributed by atoms with E-state index in [-0.39, 0.29) is 18.5 Å². The van der Waals surface area contributed by atoms with Crippen LogP contribution in [-0.4, -0.2) is 38.7 Å². The standard InChI is InChI=1S/C16H20N4O2/c1-11-6-7-19-9-13(18-15(19)8-11)16(22)20(10-14(17)21)12-4-2-3-5-12/h6-9,12H,2-5,10H2,1H3,(H2,17,21). The maximum absolute atomic E-state index is 12.8. The van der Waals surface area contributed by atoms with Crippen LogP contribution in [0.15, 0.2) is 24.5 Å². The summed E-state index contributed by atoms with van der Waals surface area (Å²) in [7, 11) is 0. The predicted molar refractivity (Wildman–Crippen MR) is 82.4 cm³/mol. The van der Waals surface area contributed by atoms with Gasteiger partial charge in [-0.15, -0.1) is 0 Å². The van der Waals surface area contributed by atoms with E-state index in [2.05, 4.69) is 4.98 Å². The highest BCUT2D eigenvalue weighted by molar-refractivity contribution is 5.95. The normalized spacial score (nSPS) is 15.3. The lowest BCUT2D eigenvalue weighted by atomic mass is 10.2. The summed E-state index contributed by atoms with van der Waals surface area (Å²) in [5.74, 6) is -0.702. The molecule has 6 nitrogen and oxygen atoms in total. The van der Waals surface area contributed by atoms with Crippen molar-refractivity contribution in [2.24, 2.45) is 5.73 Å². The molecule has 0 saturated heterocycles. The third kappa shape index (κ3) is 2.81. The molecule has 0 aliphatic heterocycles. The average Bonchev–Trinajstić information content (AvgIpc) is 3.12. The summed E-state index contributed by atoms with van der Waals surface area (Å²) < 4.78 is 1.82. The number of pyridine rings is 1. The van der Waals surface area contributed by atoms with E-state index in [0.717, 1.165) is 36.9 Å². The monoisotopic (exact) mass is 300 g/mol. The molecule has 2 heterocycles. The Balaban J connectivity index is 1.91. The summed E-state index contributed by atoms with van der Waals surface area (Å²) in [6.45, 7) is 1.94. The fourth-order valence-corrected chi connectivity index (χ4v) is 3.08. The van der Waals surface area contributed by atoms with Gasteiger partial charge < -0.3 is 15.0 Å². The Kier molecular flexibility index (Phi) is 3.83. The van der Waals surface area contributed by atoms with Crippen LogP contribution in [0.2, 0.25) is 0 Å². The molecule has 3 rings (SSSR count). The smallest absolute Gasteiger partial charge is 0.274 e. The van der Waals surface area contributed by atoms with Gasteiger partial charge in [0.2, 0.25) is 5.91 Å². The van der Waals surface area contributed by atoms with Crippen molar-refractivity contribution < 1.29 is 9.59 Å². The summed E-state index contributed by atoms with van der Waals surface area (Å²) in [6.07, 6.45) is 7.59. The van der Waals surface area contributed by atoms with Crippen LogP contribution in [0, 0.1) is 6.92 Å². The van der Waals surface area contributed by atoms with Crippen LogP contribution in [0.1, 0.15) is 41.7 Å². The van der Waals surface area contributed by atoms with Crippen LogP contribution in [0.4, 0.5) is 0 Å². The van der Waals surface area contributed by atoms with Crippen molar-refractivity contribution in [3.8, 4) is 0 Å². The van der Waals surface area contributed by atoms with Crippen molar-refractivity contribution in [2.75, 3.05) is 6.54 Å². The highest BCUT2D eigenvalue weighted by Gasteiger charge is 2.29. The molecule has 2 amide bonds. The summed E-state index contributed by atoms with van der Waals surface area (Å²) in [6, 6.07) is 3.97. The van der Waals surface area contributed by atoms with E-state index in [1.807, 2.05) is 29.7 Å². The molecule has 0 aromatic carbocycles. The van der Waals surface area contributed by atoms with Crippen molar-refractivity contribution >= 4 is 17.5 Å². The van der Waals surface area contributed by atoms with Gasteiger partial charge in [-0.25, -0.2) is 4.98 Å². The molecular weight excluding hydrogens is 280 g/mol. The first-order chi connectivity index (χ1) is 10.5. The Morgan fingerprint density at radius 2 is 2.14 bits per heavy atom. The Morgan fingerprint density at radius 1 is 1.41 bits per heavy atom. The van der Waals surface area contributed by atoms with Crippen LogP contribution < -0.4 is 5.73 Å². The lowest BCUT2D eigenvalue weighted by Gasteiger charge is -2.26. The fraction of sp³-hybridized carbons (Fsp3) is 0.438. The number of rotatable bonds is 4. The minimum Gasteiger partial charge on any atom is -0.368 e. The van der Waals surface area contributed by atoms with Crippen molar-refractivity contribution in [1.82, 2.24) is 14.3 Å². The topological polar surface area (TPSA) is 80.7 Å². The second-order valence-electron chi connectivity index (χ2n) is 5.93. The first-order valence-electron chi connectivity index (χ1n) is 7.59. The maximum Gasteiger partial charge on any atom is 0.274 e. The van der Waals surface area contributed by atoms with Gasteiger partial charge in [-0.05, 0) is 37.5 Å². The van der Waals surface area contributed by atoms with Gasteiger partial charge >= 0.3 is 0 Å². The third-order valence-corrected chi connectivity index (χ3v) is 4.19. The zero-order valence-electron chi connectivity index (χ0n) is 12.7. The predicted octanol–water partition coefficient (Wildman–Crippen LogP) is 1.51. The van der Waals surface area contributed by atoms with Gasteiger partial charge in [0.25, 0.3) is 5.91 Å². The fourth-order valence-electron chi connectivity index (χ4n) is 3.08. The molecule has 22 heavy (non-hydrogen) atoms. The van der Waals surface area contributed by atoms with E-state index in [4.69, 9.17) is 5.73 Å². The van der Waals surface area contributed by atoms with E-state index in [1.54, 1.807) is 11.1 Å². The summed E-state index contributed by atoms with van der Waals surface area (Å²) >= 11 is 0. The molecule has 6 heteroatoms. The van der Waals surface area contributed by atoms with Crippen LogP contribution in [0.25, 0.3) is 5.65 Å². The van der Waals surface area contributed by atoms with E-state index in [0.29, 0.717) is 5.69 Å². The van der Waals surface area contributed by atoms with Gasteiger partial charge in [0.15, 0.2) is 0 Å². The minimum atomic E-state index is -0.486. The van der Waals surface area contributed by atoms with Gasteiger partial charge in [-0.3, -0.25) is 9.59 Å². The zero-order chi connectivity index (χ0) is 15.7. The number of hydrogen-bond acceptors (Lipinski definition) is 3. The molecule has 2 aromatic heterocycles. The number of aromatic nitrogens is 2. The van der Waals surface area contributed by atoms with Gasteiger partial charge in [0, 0.05) is 18.4 Å². The second-order valence-corrected chi connectivity index (χ2v) is 5.93. The number of nitrogens with two attached hydrogens (primary N) is 1. The molecule has 2 aromatic rings. The summed E-state index contributed by atoms with van der Waals surface area (Å²) in [4.78, 5) is 30.1. The second kappa shape index (κ2) is 5.79. The first-order valence-corrected chi connectivity index (χ1v) is 7.59. The van der Waals surface area contributed by atoms with E-state index < -0.39 is 5.91 Å². The summed E-state index contributed by atoms with van der Waals surface area (Å²) in [5, 5.41) is 0. The van der Waals surface area contributed by atoms with Gasteiger partial charge in [0.1, 0.15) is 11.3 Å². The number of imidazole rings is 1. The highest BCUT2D eigenvalue weighted by Crippen LogP contribution is 2.24. The zero-order valence-corrected chi connectivity index (χ0v) is 12.7. The lowest BCUT2D eigenvalue weighted by molar-refractivity contribution is -0.119. The molecule has 0 unspecified atom stereocenters. The molecule has 1 aliphatic rings. The molecular formula is C16H20N4O2. The highest BCUT2D eigenvalue weighted by atomic mass is 16.2. The van der Waals surface area contributed by atoms with Crippen LogP contribution in [0.3, 0.4) is 0 Å². The molecule has 1 aliphatic carbocycles. The van der Waals surface area contributed by atoms with Gasteiger partial charge in [-0.1, -0.05) is 12.8 Å². The van der Waals surface area contributed by atoms with Crippen molar-refractivity contribution in [2.45, 2.75) is 38.6 Å². The quantitative estimate of drug-likeness (QED) is 0.929. The van der Waals surface area contributed by atoms with Crippen LogP contribution in [0.5, 0.6) is 0 Å². The number of fused-ring (bicyclic) bond motifs is 1. The number of aryl methyl sites for hydroxylation is 1. The Morgan fingerprint density at radius 3 is 2.82 bits per heavy atom. The molecule has 1 fully saturated rings. The number of hydrogen-bond donors (Lipinski definition) is 1. The van der Waals surface area contributed by atoms with Gasteiger partial charge in [-0.2, -0.15) is 0 Å². The van der Waals surface area contributed by atoms with Gasteiger partial charge in [0.05, 0.1) is 6.54 Å². The Bertz CT molecular complexity index is 716. The molecule has 2 N–H and O–H groups in total. The molecule has 0 atom stereocenters. The minimum absolute atomic E-state index is 0.0452. The number of nitrogens with zero attached hydrogens (tertiary/aromatic N) is 3. The average molecular weight is 300 g/mol. The molecule has 0 bridgehead atoms. The third-order valence-electron chi connectivity index (χ3n) is 4.19. The number of amides is 2. The molecule has 1 saturated carbocycles. The van der Waals surface area contributed by atoms with E-state index in [9.17, 15) is 9.59 Å². The summed E-state index contributed by atoms with van der Waals surface area (Å²) in [5.41, 5.74) is 7.49. The van der Waals surface area contributed by atoms with Crippen molar-refractivity contribution in [3.63, 3.8) is 0 Å². The van der Waals surface area contributed by atoms with Crippen molar-refractivity contribution in [1.29, 1.82) is 0 Å². The SMILES string of the molecule is Cc1ccn2cc(C(=O)N(CC(N)=O)C3CCCC3)nc2c1. The Hall–Kier alpha value is -2.37. The lowest BCUT2D eigenvalue weighted by Crippen LogP contribution is -2.44. The van der Waals surface area contributed by atoms with Crippen LogP contribution >= 0.6 is 0 Å². The molecule has 0 radical (unpaired) electrons. The largest absolute Gasteiger partial charge is 0.368 e. The van der Waals surface area contributed by atoms with Crippen molar-refractivity contribution in [3.05, 3.63) is 35.8 Å². The number of primary amides is 1. The Labute approximate surface area is 128 Å². The maximum atomic E-state index is 12.8. The molecule has 0 spiro atoms. The van der Waals surface area contributed by atoms with E-state index in [1.165, 1.54) is 0 Å². The molecule has 116 valence electrons.